The van der Waals surface area contributed by atoms with E-state index in [1.165, 1.54) is 0 Å². The van der Waals surface area contributed by atoms with Crippen molar-refractivity contribution < 1.29 is 19.1 Å². The lowest BCUT2D eigenvalue weighted by atomic mass is 9.84. The molecule has 9 nitrogen and oxygen atoms in total. The SMILES string of the molecule is CCOc1ccc(C[C@@H](C(=O)N[C@@H](Cc2cccnc2)C(=O)NCc2ccc(CN)cc2)c2c(C)cccc2C(N)=O)cc1. The van der Waals surface area contributed by atoms with Gasteiger partial charge in [0.25, 0.3) is 0 Å². The first kappa shape index (κ1) is 31.9. The maximum atomic E-state index is 14.2. The smallest absolute Gasteiger partial charge is 0.249 e. The number of aromatic nitrogens is 1. The Morgan fingerprint density at radius 2 is 1.55 bits per heavy atom. The minimum atomic E-state index is -0.904. The van der Waals surface area contributed by atoms with Crippen molar-refractivity contribution >= 4 is 17.7 Å². The van der Waals surface area contributed by atoms with Gasteiger partial charge in [0.05, 0.1) is 12.5 Å². The van der Waals surface area contributed by atoms with Crippen LogP contribution in [-0.4, -0.2) is 35.4 Å². The molecule has 3 aromatic carbocycles. The Hall–Kier alpha value is -5.02. The summed E-state index contributed by atoms with van der Waals surface area (Å²) in [6.07, 6.45) is 3.82. The number of carbonyl (C=O) groups is 3. The third-order valence-electron chi connectivity index (χ3n) is 7.45. The van der Waals surface area contributed by atoms with Gasteiger partial charge in [0.15, 0.2) is 0 Å². The van der Waals surface area contributed by atoms with E-state index in [9.17, 15) is 14.4 Å². The van der Waals surface area contributed by atoms with Crippen LogP contribution in [0.2, 0.25) is 0 Å². The van der Waals surface area contributed by atoms with Crippen LogP contribution in [0.15, 0.2) is 91.3 Å². The molecule has 0 unspecified atom stereocenters. The third-order valence-corrected chi connectivity index (χ3v) is 7.45. The second kappa shape index (κ2) is 15.5. The zero-order valence-corrected chi connectivity index (χ0v) is 25.1. The molecule has 228 valence electrons. The average molecular weight is 594 g/mol. The van der Waals surface area contributed by atoms with Crippen LogP contribution in [0.5, 0.6) is 5.75 Å². The molecule has 0 saturated carbocycles. The molecule has 0 aliphatic carbocycles. The number of nitrogens with one attached hydrogen (secondary N) is 2. The van der Waals surface area contributed by atoms with E-state index in [1.54, 1.807) is 30.6 Å². The molecule has 4 rings (SSSR count). The quantitative estimate of drug-likeness (QED) is 0.175. The fraction of sp³-hybridized carbons (Fsp3) is 0.257. The molecule has 0 fully saturated rings. The molecular weight excluding hydrogens is 554 g/mol. The predicted molar refractivity (Wildman–Crippen MR) is 170 cm³/mol. The van der Waals surface area contributed by atoms with Crippen LogP contribution in [0.3, 0.4) is 0 Å². The highest BCUT2D eigenvalue weighted by atomic mass is 16.5. The summed E-state index contributed by atoms with van der Waals surface area (Å²) in [6, 6.07) is 23.1. The van der Waals surface area contributed by atoms with Crippen LogP contribution in [0, 0.1) is 6.92 Å². The maximum absolute atomic E-state index is 14.2. The van der Waals surface area contributed by atoms with E-state index in [0.29, 0.717) is 18.7 Å². The first-order valence-electron chi connectivity index (χ1n) is 14.6. The zero-order valence-electron chi connectivity index (χ0n) is 25.1. The highest BCUT2D eigenvalue weighted by Gasteiger charge is 2.30. The molecule has 0 aliphatic heterocycles. The van der Waals surface area contributed by atoms with Gasteiger partial charge in [-0.1, -0.05) is 54.6 Å². The Labute approximate surface area is 258 Å². The molecule has 6 N–H and O–H groups in total. The van der Waals surface area contributed by atoms with Crippen molar-refractivity contribution in [1.29, 1.82) is 0 Å². The van der Waals surface area contributed by atoms with E-state index >= 15 is 0 Å². The number of primary amides is 1. The minimum Gasteiger partial charge on any atom is -0.494 e. The van der Waals surface area contributed by atoms with E-state index < -0.39 is 23.8 Å². The van der Waals surface area contributed by atoms with Gasteiger partial charge in [0.2, 0.25) is 17.7 Å². The van der Waals surface area contributed by atoms with Gasteiger partial charge < -0.3 is 26.8 Å². The first-order chi connectivity index (χ1) is 21.3. The van der Waals surface area contributed by atoms with Crippen LogP contribution >= 0.6 is 0 Å². The summed E-state index contributed by atoms with van der Waals surface area (Å²) in [5.74, 6) is -1.45. The molecular formula is C35H39N5O4. The first-order valence-corrected chi connectivity index (χ1v) is 14.6. The highest BCUT2D eigenvalue weighted by Crippen LogP contribution is 2.29. The number of pyridine rings is 1. The average Bonchev–Trinajstić information content (AvgIpc) is 3.03. The summed E-state index contributed by atoms with van der Waals surface area (Å²) < 4.78 is 5.57. The van der Waals surface area contributed by atoms with Crippen LogP contribution < -0.4 is 26.8 Å². The summed E-state index contributed by atoms with van der Waals surface area (Å²) in [5, 5.41) is 5.95. The van der Waals surface area contributed by atoms with Gasteiger partial charge in [-0.3, -0.25) is 19.4 Å². The van der Waals surface area contributed by atoms with Crippen LogP contribution in [0.1, 0.15) is 56.6 Å². The number of benzene rings is 3. The molecule has 1 aromatic heterocycles. The predicted octanol–water partition coefficient (Wildman–Crippen LogP) is 3.72. The number of nitrogens with two attached hydrogens (primary N) is 2. The summed E-state index contributed by atoms with van der Waals surface area (Å²) in [6.45, 7) is 5.00. The van der Waals surface area contributed by atoms with E-state index in [-0.39, 0.29) is 30.9 Å². The molecule has 3 amide bonds. The van der Waals surface area contributed by atoms with Gasteiger partial charge in [0, 0.05) is 37.5 Å². The summed E-state index contributed by atoms with van der Waals surface area (Å²) in [5.41, 5.74) is 16.6. The van der Waals surface area contributed by atoms with Crippen molar-refractivity contribution in [3.8, 4) is 5.75 Å². The van der Waals surface area contributed by atoms with Crippen molar-refractivity contribution in [2.24, 2.45) is 11.5 Å². The number of amides is 3. The number of ether oxygens (including phenoxy) is 1. The molecule has 2 atom stereocenters. The van der Waals surface area contributed by atoms with Crippen LogP contribution in [0.25, 0.3) is 0 Å². The Morgan fingerprint density at radius 3 is 2.18 bits per heavy atom. The number of carbonyl (C=O) groups excluding carboxylic acids is 3. The largest absolute Gasteiger partial charge is 0.494 e. The van der Waals surface area contributed by atoms with E-state index in [2.05, 4.69) is 15.6 Å². The van der Waals surface area contributed by atoms with Crippen molar-refractivity contribution in [2.75, 3.05) is 6.61 Å². The van der Waals surface area contributed by atoms with Gasteiger partial charge in [-0.05, 0) is 77.9 Å². The topological polar surface area (TPSA) is 149 Å². The lowest BCUT2D eigenvalue weighted by molar-refractivity contribution is -0.129. The van der Waals surface area contributed by atoms with E-state index in [1.807, 2.05) is 74.5 Å². The Kier molecular flexibility index (Phi) is 11.2. The Bertz CT molecular complexity index is 1560. The maximum Gasteiger partial charge on any atom is 0.249 e. The molecule has 0 radical (unpaired) electrons. The minimum absolute atomic E-state index is 0.226. The number of aryl methyl sites for hydroxylation is 1. The van der Waals surface area contributed by atoms with Crippen molar-refractivity contribution in [3.05, 3.63) is 130 Å². The second-order valence-electron chi connectivity index (χ2n) is 10.6. The number of hydrogen-bond donors (Lipinski definition) is 4. The number of nitrogens with zero attached hydrogens (tertiary/aromatic N) is 1. The normalized spacial score (nSPS) is 12.2. The van der Waals surface area contributed by atoms with Crippen molar-refractivity contribution in [1.82, 2.24) is 15.6 Å². The second-order valence-corrected chi connectivity index (χ2v) is 10.6. The Balaban J connectivity index is 1.64. The summed E-state index contributed by atoms with van der Waals surface area (Å²) >= 11 is 0. The van der Waals surface area contributed by atoms with E-state index in [4.69, 9.17) is 16.2 Å². The lowest BCUT2D eigenvalue weighted by Crippen LogP contribution is -2.49. The fourth-order valence-electron chi connectivity index (χ4n) is 5.15. The number of hydrogen-bond acceptors (Lipinski definition) is 6. The fourth-order valence-corrected chi connectivity index (χ4v) is 5.15. The third kappa shape index (κ3) is 8.52. The monoisotopic (exact) mass is 593 g/mol. The van der Waals surface area contributed by atoms with E-state index in [0.717, 1.165) is 33.6 Å². The summed E-state index contributed by atoms with van der Waals surface area (Å²) in [7, 11) is 0. The van der Waals surface area contributed by atoms with Gasteiger partial charge in [-0.2, -0.15) is 0 Å². The zero-order chi connectivity index (χ0) is 31.5. The van der Waals surface area contributed by atoms with Gasteiger partial charge >= 0.3 is 0 Å². The summed E-state index contributed by atoms with van der Waals surface area (Å²) in [4.78, 5) is 44.5. The molecule has 4 aromatic rings. The molecule has 1 heterocycles. The standard InChI is InChI=1S/C35H39N5O4/c1-3-44-28-15-13-24(14-16-28)18-30(32-23(2)6-4-8-29(32)33(37)41)34(42)40-31(19-27-7-5-17-38-21-27)35(43)39-22-26-11-9-25(20-36)10-12-26/h4-17,21,30-31H,3,18-20,22,36H2,1-2H3,(H2,37,41)(H,39,43)(H,40,42)/t30-,31+/m1/s1. The van der Waals surface area contributed by atoms with Crippen LogP contribution in [-0.2, 0) is 35.5 Å². The highest BCUT2D eigenvalue weighted by molar-refractivity contribution is 5.98. The Morgan fingerprint density at radius 1 is 0.841 bits per heavy atom. The number of rotatable bonds is 14. The van der Waals surface area contributed by atoms with Gasteiger partial charge in [0.1, 0.15) is 11.8 Å². The molecule has 0 aliphatic rings. The van der Waals surface area contributed by atoms with Gasteiger partial charge in [-0.15, -0.1) is 0 Å². The van der Waals surface area contributed by atoms with Crippen molar-refractivity contribution in [2.45, 2.75) is 51.7 Å². The molecule has 9 heteroatoms. The molecule has 44 heavy (non-hydrogen) atoms. The van der Waals surface area contributed by atoms with Crippen molar-refractivity contribution in [3.63, 3.8) is 0 Å². The van der Waals surface area contributed by atoms with Crippen LogP contribution in [0.4, 0.5) is 0 Å². The molecule has 0 bridgehead atoms. The lowest BCUT2D eigenvalue weighted by Gasteiger charge is -2.25. The molecule has 0 saturated heterocycles. The van der Waals surface area contributed by atoms with Gasteiger partial charge in [-0.25, -0.2) is 0 Å². The molecule has 0 spiro atoms.